The van der Waals surface area contributed by atoms with Crippen LogP contribution < -0.4 is 10.6 Å². The van der Waals surface area contributed by atoms with Gasteiger partial charge in [-0.1, -0.05) is 6.07 Å². The zero-order valence-corrected chi connectivity index (χ0v) is 9.19. The lowest BCUT2D eigenvalue weighted by Crippen LogP contribution is -2.48. The minimum Gasteiger partial charge on any atom is -0.378 e. The van der Waals surface area contributed by atoms with E-state index in [-0.39, 0.29) is 11.9 Å². The third kappa shape index (κ3) is 2.77. The van der Waals surface area contributed by atoms with Crippen molar-refractivity contribution in [3.63, 3.8) is 0 Å². The van der Waals surface area contributed by atoms with Gasteiger partial charge < -0.3 is 15.4 Å². The van der Waals surface area contributed by atoms with Crippen LogP contribution >= 0.6 is 0 Å². The monoisotopic (exact) mass is 221 g/mol. The number of aryl methyl sites for hydroxylation is 1. The second kappa shape index (κ2) is 5.05. The maximum atomic E-state index is 11.8. The number of pyridine rings is 1. The van der Waals surface area contributed by atoms with Gasteiger partial charge in [0.05, 0.1) is 13.2 Å². The van der Waals surface area contributed by atoms with Crippen molar-refractivity contribution in [1.82, 2.24) is 10.3 Å². The van der Waals surface area contributed by atoms with Gasteiger partial charge in [0.1, 0.15) is 11.9 Å². The minimum atomic E-state index is -0.281. The number of carbonyl (C=O) groups excluding carboxylic acids is 1. The quantitative estimate of drug-likeness (QED) is 0.754. The summed E-state index contributed by atoms with van der Waals surface area (Å²) < 4.78 is 5.22. The molecule has 86 valence electrons. The molecule has 2 N–H and O–H groups in total. The molecule has 2 rings (SSSR count). The van der Waals surface area contributed by atoms with E-state index in [1.807, 2.05) is 19.1 Å². The van der Waals surface area contributed by atoms with E-state index in [2.05, 4.69) is 15.6 Å². The molecular weight excluding hydrogens is 206 g/mol. The van der Waals surface area contributed by atoms with Crippen LogP contribution in [0.4, 0.5) is 5.82 Å². The molecule has 0 aliphatic carbocycles. The Morgan fingerprint density at radius 1 is 1.62 bits per heavy atom. The lowest BCUT2D eigenvalue weighted by Gasteiger charge is -2.22. The number of carbonyl (C=O) groups is 1. The number of aromatic nitrogens is 1. The molecule has 1 aromatic rings. The first-order valence-corrected chi connectivity index (χ1v) is 5.31. The Balaban J connectivity index is 1.96. The highest BCUT2D eigenvalue weighted by molar-refractivity contribution is 5.94. The largest absolute Gasteiger partial charge is 0.378 e. The maximum Gasteiger partial charge on any atom is 0.245 e. The van der Waals surface area contributed by atoms with Crippen LogP contribution in [0.3, 0.4) is 0 Å². The Bertz CT molecular complexity index is 375. The topological polar surface area (TPSA) is 63.2 Å². The second-order valence-electron chi connectivity index (χ2n) is 3.74. The lowest BCUT2D eigenvalue weighted by molar-refractivity contribution is -0.120. The summed E-state index contributed by atoms with van der Waals surface area (Å²) in [5.41, 5.74) is 0.880. The number of morpholine rings is 1. The standard InChI is InChI=1S/C11H15N3O2/c1-8-3-2-4-10(13-8)14-11(15)9-7-16-6-5-12-9/h2-4,9,12H,5-7H2,1H3,(H,13,14,15). The molecule has 1 aliphatic heterocycles. The number of anilines is 1. The van der Waals surface area contributed by atoms with Gasteiger partial charge in [0.2, 0.25) is 5.91 Å². The normalized spacial score (nSPS) is 20.4. The molecule has 0 spiro atoms. The molecule has 2 heterocycles. The first-order valence-electron chi connectivity index (χ1n) is 5.31. The van der Waals surface area contributed by atoms with Crippen LogP contribution in [0, 0.1) is 6.92 Å². The van der Waals surface area contributed by atoms with Crippen molar-refractivity contribution in [1.29, 1.82) is 0 Å². The highest BCUT2D eigenvalue weighted by Gasteiger charge is 2.21. The maximum absolute atomic E-state index is 11.8. The summed E-state index contributed by atoms with van der Waals surface area (Å²) in [5, 5.41) is 5.85. The fourth-order valence-electron chi connectivity index (χ4n) is 1.56. The first-order chi connectivity index (χ1) is 7.75. The van der Waals surface area contributed by atoms with Crippen LogP contribution in [0.15, 0.2) is 18.2 Å². The van der Waals surface area contributed by atoms with Crippen LogP contribution in [0.1, 0.15) is 5.69 Å². The Kier molecular flexibility index (Phi) is 3.48. The van der Waals surface area contributed by atoms with E-state index < -0.39 is 0 Å². The van der Waals surface area contributed by atoms with Gasteiger partial charge in [-0.25, -0.2) is 4.98 Å². The summed E-state index contributed by atoms with van der Waals surface area (Å²) in [7, 11) is 0. The summed E-state index contributed by atoms with van der Waals surface area (Å²) in [4.78, 5) is 16.0. The molecule has 1 amide bonds. The Labute approximate surface area is 94.2 Å². The van der Waals surface area contributed by atoms with Gasteiger partial charge in [0.15, 0.2) is 0 Å². The number of nitrogens with zero attached hydrogens (tertiary/aromatic N) is 1. The number of hydrogen-bond acceptors (Lipinski definition) is 4. The van der Waals surface area contributed by atoms with E-state index in [9.17, 15) is 4.79 Å². The molecule has 0 radical (unpaired) electrons. The fraction of sp³-hybridized carbons (Fsp3) is 0.455. The molecule has 1 saturated heterocycles. The van der Waals surface area contributed by atoms with Crippen LogP contribution in [-0.2, 0) is 9.53 Å². The molecule has 0 bridgehead atoms. The summed E-state index contributed by atoms with van der Waals surface area (Å²) in [6.45, 7) is 3.67. The Morgan fingerprint density at radius 3 is 3.19 bits per heavy atom. The van der Waals surface area contributed by atoms with Crippen molar-refractivity contribution in [2.75, 3.05) is 25.1 Å². The van der Waals surface area contributed by atoms with E-state index in [0.717, 1.165) is 5.69 Å². The zero-order valence-electron chi connectivity index (χ0n) is 9.19. The predicted octanol–water partition coefficient (Wildman–Crippen LogP) is 0.317. The van der Waals surface area contributed by atoms with Crippen LogP contribution in [0.25, 0.3) is 0 Å². The minimum absolute atomic E-state index is 0.0993. The zero-order chi connectivity index (χ0) is 11.4. The molecule has 1 aromatic heterocycles. The molecule has 1 unspecified atom stereocenters. The average Bonchev–Trinajstić information content (AvgIpc) is 2.30. The second-order valence-corrected chi connectivity index (χ2v) is 3.74. The van der Waals surface area contributed by atoms with Gasteiger partial charge in [0, 0.05) is 12.2 Å². The van der Waals surface area contributed by atoms with Crippen molar-refractivity contribution in [3.8, 4) is 0 Å². The van der Waals surface area contributed by atoms with Crippen molar-refractivity contribution in [3.05, 3.63) is 23.9 Å². The van der Waals surface area contributed by atoms with E-state index in [0.29, 0.717) is 25.6 Å². The molecule has 5 nitrogen and oxygen atoms in total. The summed E-state index contributed by atoms with van der Waals surface area (Å²) in [6.07, 6.45) is 0. The fourth-order valence-corrected chi connectivity index (χ4v) is 1.56. The molecule has 16 heavy (non-hydrogen) atoms. The van der Waals surface area contributed by atoms with Gasteiger partial charge in [-0.05, 0) is 19.1 Å². The van der Waals surface area contributed by atoms with Crippen LogP contribution in [-0.4, -0.2) is 36.7 Å². The number of hydrogen-bond donors (Lipinski definition) is 2. The van der Waals surface area contributed by atoms with Gasteiger partial charge in [0.25, 0.3) is 0 Å². The van der Waals surface area contributed by atoms with Gasteiger partial charge in [-0.15, -0.1) is 0 Å². The molecule has 0 saturated carbocycles. The first kappa shape index (κ1) is 11.0. The van der Waals surface area contributed by atoms with E-state index in [1.165, 1.54) is 0 Å². The number of ether oxygens (including phenoxy) is 1. The summed E-state index contributed by atoms with van der Waals surface area (Å²) >= 11 is 0. The van der Waals surface area contributed by atoms with Crippen LogP contribution in [0.2, 0.25) is 0 Å². The highest BCUT2D eigenvalue weighted by atomic mass is 16.5. The predicted molar refractivity (Wildman–Crippen MR) is 60.2 cm³/mol. The molecule has 1 fully saturated rings. The number of rotatable bonds is 2. The summed E-state index contributed by atoms with van der Waals surface area (Å²) in [5.74, 6) is 0.482. The number of nitrogens with one attached hydrogen (secondary N) is 2. The molecule has 1 atom stereocenters. The van der Waals surface area contributed by atoms with Crippen molar-refractivity contribution in [2.45, 2.75) is 13.0 Å². The SMILES string of the molecule is Cc1cccc(NC(=O)C2COCCN2)n1. The molecule has 0 aromatic carbocycles. The van der Waals surface area contributed by atoms with E-state index >= 15 is 0 Å². The Morgan fingerprint density at radius 2 is 2.50 bits per heavy atom. The highest BCUT2D eigenvalue weighted by Crippen LogP contribution is 2.05. The molecular formula is C11H15N3O2. The average molecular weight is 221 g/mol. The third-order valence-electron chi connectivity index (χ3n) is 2.38. The molecule has 5 heteroatoms. The smallest absolute Gasteiger partial charge is 0.245 e. The van der Waals surface area contributed by atoms with E-state index in [4.69, 9.17) is 4.74 Å². The van der Waals surface area contributed by atoms with Crippen molar-refractivity contribution < 1.29 is 9.53 Å². The third-order valence-corrected chi connectivity index (χ3v) is 2.38. The van der Waals surface area contributed by atoms with Crippen molar-refractivity contribution >= 4 is 11.7 Å². The molecule has 1 aliphatic rings. The summed E-state index contributed by atoms with van der Waals surface area (Å²) in [6, 6.07) is 5.24. The lowest BCUT2D eigenvalue weighted by atomic mass is 10.2. The number of amides is 1. The van der Waals surface area contributed by atoms with Crippen LogP contribution in [0.5, 0.6) is 0 Å². The van der Waals surface area contributed by atoms with Gasteiger partial charge >= 0.3 is 0 Å². The van der Waals surface area contributed by atoms with Crippen molar-refractivity contribution in [2.24, 2.45) is 0 Å². The van der Waals surface area contributed by atoms with E-state index in [1.54, 1.807) is 6.07 Å². The van der Waals surface area contributed by atoms with Gasteiger partial charge in [-0.3, -0.25) is 4.79 Å². The van der Waals surface area contributed by atoms with Gasteiger partial charge in [-0.2, -0.15) is 0 Å². The Hall–Kier alpha value is -1.46.